The number of rotatable bonds is 6. The third-order valence-electron chi connectivity index (χ3n) is 8.61. The number of likely N-dealkylation sites (tertiary alicyclic amines) is 2. The molecule has 0 spiro atoms. The predicted octanol–water partition coefficient (Wildman–Crippen LogP) is 4.73. The van der Waals surface area contributed by atoms with Gasteiger partial charge in [0.15, 0.2) is 0 Å². The monoisotopic (exact) mass is 465 g/mol. The van der Waals surface area contributed by atoms with Crippen LogP contribution < -0.4 is 10.1 Å². The topological polar surface area (TPSA) is 44.8 Å². The number of allylic oxidation sites excluding steroid dienone is 2. The van der Waals surface area contributed by atoms with Crippen molar-refractivity contribution in [2.24, 2.45) is 11.8 Å². The first-order chi connectivity index (χ1) is 16.8. The molecule has 186 valence electrons. The van der Waals surface area contributed by atoms with Crippen molar-refractivity contribution in [3.63, 3.8) is 0 Å². The van der Waals surface area contributed by atoms with E-state index >= 15 is 0 Å². The van der Waals surface area contributed by atoms with Gasteiger partial charge >= 0.3 is 0 Å². The summed E-state index contributed by atoms with van der Waals surface area (Å²) in [4.78, 5) is 18.0. The van der Waals surface area contributed by atoms with Crippen LogP contribution in [0.5, 0.6) is 5.75 Å². The van der Waals surface area contributed by atoms with Crippen molar-refractivity contribution in [2.45, 2.75) is 70.3 Å². The molecule has 1 aromatic carbocycles. The SMILES string of the molecule is O=C(C1CC=C(c2ccc(OCC3CCNCC3)cc2)CC1)N1CCC(N2CCCCC2)CC1. The summed E-state index contributed by atoms with van der Waals surface area (Å²) in [5.74, 6) is 2.21. The Kier molecular flexibility index (Phi) is 8.23. The quantitative estimate of drug-likeness (QED) is 0.660. The van der Waals surface area contributed by atoms with Crippen molar-refractivity contribution in [2.75, 3.05) is 45.9 Å². The zero-order chi connectivity index (χ0) is 23.2. The molecule has 3 saturated heterocycles. The van der Waals surface area contributed by atoms with E-state index in [1.807, 2.05) is 0 Å². The molecule has 1 N–H and O–H groups in total. The van der Waals surface area contributed by atoms with E-state index in [4.69, 9.17) is 4.74 Å². The molecule has 5 rings (SSSR count). The van der Waals surface area contributed by atoms with Gasteiger partial charge in [0.2, 0.25) is 5.91 Å². The first-order valence-corrected chi connectivity index (χ1v) is 13.9. The third-order valence-corrected chi connectivity index (χ3v) is 8.61. The first kappa shape index (κ1) is 23.9. The maximum Gasteiger partial charge on any atom is 0.226 e. The largest absolute Gasteiger partial charge is 0.493 e. The van der Waals surface area contributed by atoms with Crippen LogP contribution in [0.15, 0.2) is 30.3 Å². The summed E-state index contributed by atoms with van der Waals surface area (Å²) in [7, 11) is 0. The average molecular weight is 466 g/mol. The Labute approximate surface area is 205 Å². The molecule has 3 heterocycles. The van der Waals surface area contributed by atoms with E-state index in [0.717, 1.165) is 70.6 Å². The van der Waals surface area contributed by atoms with Crippen LogP contribution in [0.2, 0.25) is 0 Å². The molecule has 1 aliphatic carbocycles. The lowest BCUT2D eigenvalue weighted by molar-refractivity contribution is -0.137. The lowest BCUT2D eigenvalue weighted by Crippen LogP contribution is -2.49. The maximum absolute atomic E-state index is 13.2. The molecule has 1 unspecified atom stereocenters. The molecule has 1 amide bonds. The Morgan fingerprint density at radius 1 is 0.912 bits per heavy atom. The highest BCUT2D eigenvalue weighted by atomic mass is 16.5. The van der Waals surface area contributed by atoms with Crippen LogP contribution in [0.4, 0.5) is 0 Å². The van der Waals surface area contributed by atoms with Crippen molar-refractivity contribution in [1.82, 2.24) is 15.1 Å². The number of nitrogens with zero attached hydrogens (tertiary/aromatic N) is 2. The normalized spacial score (nSPS) is 25.7. The molecule has 5 nitrogen and oxygen atoms in total. The summed E-state index contributed by atoms with van der Waals surface area (Å²) in [6.07, 6.45) is 14.0. The number of ether oxygens (including phenoxy) is 1. The van der Waals surface area contributed by atoms with Gasteiger partial charge in [-0.05, 0) is 113 Å². The second-order valence-electron chi connectivity index (χ2n) is 10.9. The highest BCUT2D eigenvalue weighted by Gasteiger charge is 2.31. The summed E-state index contributed by atoms with van der Waals surface area (Å²) in [5.41, 5.74) is 2.67. The van der Waals surface area contributed by atoms with E-state index < -0.39 is 0 Å². The van der Waals surface area contributed by atoms with Gasteiger partial charge in [0.05, 0.1) is 6.61 Å². The minimum absolute atomic E-state index is 0.169. The highest BCUT2D eigenvalue weighted by molar-refractivity contribution is 5.81. The van der Waals surface area contributed by atoms with Crippen molar-refractivity contribution in [3.05, 3.63) is 35.9 Å². The van der Waals surface area contributed by atoms with Gasteiger partial charge in [0.25, 0.3) is 0 Å². The summed E-state index contributed by atoms with van der Waals surface area (Å²) in [6, 6.07) is 9.31. The Morgan fingerprint density at radius 3 is 2.32 bits per heavy atom. The average Bonchev–Trinajstić information content (AvgIpc) is 2.93. The van der Waals surface area contributed by atoms with Crippen LogP contribution in [0, 0.1) is 11.8 Å². The van der Waals surface area contributed by atoms with E-state index in [9.17, 15) is 4.79 Å². The number of nitrogens with one attached hydrogen (secondary N) is 1. The number of amides is 1. The Hall–Kier alpha value is -1.85. The first-order valence-electron chi connectivity index (χ1n) is 13.9. The van der Waals surface area contributed by atoms with Crippen LogP contribution in [-0.4, -0.2) is 67.6 Å². The summed E-state index contributed by atoms with van der Waals surface area (Å²) in [5, 5.41) is 3.41. The van der Waals surface area contributed by atoms with Crippen LogP contribution in [0.25, 0.3) is 5.57 Å². The molecule has 0 aromatic heterocycles. The van der Waals surface area contributed by atoms with Crippen molar-refractivity contribution in [1.29, 1.82) is 0 Å². The molecular weight excluding hydrogens is 422 g/mol. The number of hydrogen-bond acceptors (Lipinski definition) is 4. The molecule has 5 heteroatoms. The van der Waals surface area contributed by atoms with Crippen LogP contribution in [0.3, 0.4) is 0 Å². The van der Waals surface area contributed by atoms with Gasteiger partial charge in [-0.15, -0.1) is 0 Å². The van der Waals surface area contributed by atoms with Gasteiger partial charge in [-0.3, -0.25) is 4.79 Å². The number of benzene rings is 1. The second-order valence-corrected chi connectivity index (χ2v) is 10.9. The van der Waals surface area contributed by atoms with Gasteiger partial charge in [0, 0.05) is 25.0 Å². The summed E-state index contributed by atoms with van der Waals surface area (Å²) >= 11 is 0. The zero-order valence-corrected chi connectivity index (χ0v) is 20.9. The van der Waals surface area contributed by atoms with E-state index in [1.165, 1.54) is 56.3 Å². The lowest BCUT2D eigenvalue weighted by atomic mass is 9.85. The maximum atomic E-state index is 13.2. The van der Waals surface area contributed by atoms with Crippen molar-refractivity contribution >= 4 is 11.5 Å². The number of piperidine rings is 3. The fourth-order valence-electron chi connectivity index (χ4n) is 6.34. The summed E-state index contributed by atoms with van der Waals surface area (Å²) in [6.45, 7) is 7.48. The minimum atomic E-state index is 0.169. The van der Waals surface area contributed by atoms with E-state index in [1.54, 1.807) is 0 Å². The molecular formula is C29H43N3O2. The van der Waals surface area contributed by atoms with Crippen molar-refractivity contribution in [3.8, 4) is 5.75 Å². The van der Waals surface area contributed by atoms with E-state index in [-0.39, 0.29) is 5.92 Å². The standard InChI is InChI=1S/C29H43N3O2/c33-29(32-20-14-27(15-21-32)31-18-2-1-3-19-31)26-6-4-24(5-7-26)25-8-10-28(11-9-25)34-22-23-12-16-30-17-13-23/h4,8-11,23,26-27,30H,1-3,5-7,12-22H2. The number of carbonyl (C=O) groups is 1. The van der Waals surface area contributed by atoms with Gasteiger partial charge in [-0.1, -0.05) is 24.6 Å². The zero-order valence-electron chi connectivity index (χ0n) is 20.9. The molecule has 3 fully saturated rings. The van der Waals surface area contributed by atoms with Crippen molar-refractivity contribution < 1.29 is 9.53 Å². The summed E-state index contributed by atoms with van der Waals surface area (Å²) < 4.78 is 6.05. The van der Waals surface area contributed by atoms with Crippen LogP contribution >= 0.6 is 0 Å². The van der Waals surface area contributed by atoms with E-state index in [0.29, 0.717) is 17.9 Å². The third kappa shape index (κ3) is 6.04. The van der Waals surface area contributed by atoms with E-state index in [2.05, 4.69) is 45.5 Å². The molecule has 4 aliphatic rings. The van der Waals surface area contributed by atoms with Crippen LogP contribution in [-0.2, 0) is 4.79 Å². The predicted molar refractivity (Wildman–Crippen MR) is 138 cm³/mol. The molecule has 0 bridgehead atoms. The molecule has 0 radical (unpaired) electrons. The Bertz CT molecular complexity index is 816. The molecule has 3 aliphatic heterocycles. The van der Waals surface area contributed by atoms with Gasteiger partial charge in [-0.2, -0.15) is 0 Å². The molecule has 34 heavy (non-hydrogen) atoms. The second kappa shape index (κ2) is 11.7. The van der Waals surface area contributed by atoms with Gasteiger partial charge in [0.1, 0.15) is 5.75 Å². The molecule has 1 atom stereocenters. The molecule has 0 saturated carbocycles. The minimum Gasteiger partial charge on any atom is -0.493 e. The number of hydrogen-bond donors (Lipinski definition) is 1. The smallest absolute Gasteiger partial charge is 0.226 e. The van der Waals surface area contributed by atoms with Gasteiger partial charge in [-0.25, -0.2) is 0 Å². The van der Waals surface area contributed by atoms with Crippen LogP contribution in [0.1, 0.15) is 69.8 Å². The Morgan fingerprint density at radius 2 is 1.65 bits per heavy atom. The highest BCUT2D eigenvalue weighted by Crippen LogP contribution is 2.33. The fourth-order valence-corrected chi connectivity index (χ4v) is 6.34. The lowest BCUT2D eigenvalue weighted by Gasteiger charge is -2.41. The fraction of sp³-hybridized carbons (Fsp3) is 0.690. The molecule has 1 aromatic rings. The Balaban J connectivity index is 1.07. The number of carbonyl (C=O) groups excluding carboxylic acids is 1. The van der Waals surface area contributed by atoms with Gasteiger partial charge < -0.3 is 19.9 Å².